The molecule has 7 nitrogen and oxygen atoms in total. The van der Waals surface area contributed by atoms with Crippen molar-refractivity contribution in [2.24, 2.45) is 0 Å². The number of hydrogen-bond donors (Lipinski definition) is 0. The van der Waals surface area contributed by atoms with Crippen LogP contribution >= 0.6 is 0 Å². The lowest BCUT2D eigenvalue weighted by Gasteiger charge is -2.22. The number of anilines is 1. The van der Waals surface area contributed by atoms with Crippen LogP contribution in [-0.2, 0) is 6.54 Å². The van der Waals surface area contributed by atoms with E-state index < -0.39 is 15.7 Å². The Hall–Kier alpha value is -3.03. The van der Waals surface area contributed by atoms with Gasteiger partial charge in [0.2, 0.25) is 0 Å². The maximum Gasteiger partial charge on any atom is 0.299 e. The molecule has 0 aliphatic heterocycles. The summed E-state index contributed by atoms with van der Waals surface area (Å²) in [7, 11) is 0. The molecular formula is C15H14FN3O4. The summed E-state index contributed by atoms with van der Waals surface area (Å²) >= 11 is 0. The Balaban J connectivity index is 2.40. The van der Waals surface area contributed by atoms with Crippen molar-refractivity contribution in [1.82, 2.24) is 0 Å². The Morgan fingerprint density at radius 2 is 1.83 bits per heavy atom. The lowest BCUT2D eigenvalue weighted by Crippen LogP contribution is -2.23. The van der Waals surface area contributed by atoms with Crippen LogP contribution in [0.3, 0.4) is 0 Å². The Morgan fingerprint density at radius 1 is 1.09 bits per heavy atom. The zero-order chi connectivity index (χ0) is 17.0. The van der Waals surface area contributed by atoms with E-state index in [1.165, 1.54) is 24.3 Å². The number of benzene rings is 2. The van der Waals surface area contributed by atoms with E-state index in [0.29, 0.717) is 12.1 Å². The molecule has 0 fully saturated rings. The van der Waals surface area contributed by atoms with E-state index in [0.717, 1.165) is 6.07 Å². The quantitative estimate of drug-likeness (QED) is 0.598. The van der Waals surface area contributed by atoms with Gasteiger partial charge < -0.3 is 4.90 Å². The second-order valence-corrected chi connectivity index (χ2v) is 4.83. The van der Waals surface area contributed by atoms with E-state index in [1.54, 1.807) is 24.0 Å². The topological polar surface area (TPSA) is 89.5 Å². The standard InChI is InChI=1S/C15H14FN3O4/c1-2-17(10-11-4-3-5-12(16)8-11)14-7-6-13(18(20)21)9-15(14)19(22)23/h3-9H,2,10H2,1H3. The average Bonchev–Trinajstić information content (AvgIpc) is 2.52. The van der Waals surface area contributed by atoms with E-state index in [1.807, 2.05) is 0 Å². The summed E-state index contributed by atoms with van der Waals surface area (Å²) in [5.41, 5.74) is 0.214. The van der Waals surface area contributed by atoms with Gasteiger partial charge in [-0.15, -0.1) is 0 Å². The lowest BCUT2D eigenvalue weighted by molar-refractivity contribution is -0.393. The highest BCUT2D eigenvalue weighted by Gasteiger charge is 2.23. The second-order valence-electron chi connectivity index (χ2n) is 4.83. The molecule has 120 valence electrons. The van der Waals surface area contributed by atoms with Crippen LogP contribution in [0.4, 0.5) is 21.5 Å². The van der Waals surface area contributed by atoms with Crippen LogP contribution < -0.4 is 4.90 Å². The number of nitrogens with zero attached hydrogens (tertiary/aromatic N) is 3. The molecule has 0 heterocycles. The SMILES string of the molecule is CCN(Cc1cccc(F)c1)c1ccc([N+](=O)[O-])cc1[N+](=O)[O-]. The van der Waals surface area contributed by atoms with Gasteiger partial charge in [0.25, 0.3) is 11.4 Å². The predicted molar refractivity (Wildman–Crippen MR) is 82.9 cm³/mol. The van der Waals surface area contributed by atoms with Crippen LogP contribution in [0, 0.1) is 26.0 Å². The lowest BCUT2D eigenvalue weighted by atomic mass is 10.1. The molecule has 2 aromatic rings. The van der Waals surface area contributed by atoms with Gasteiger partial charge in [-0.3, -0.25) is 20.2 Å². The number of rotatable bonds is 6. The number of halogens is 1. The van der Waals surface area contributed by atoms with Gasteiger partial charge in [0.05, 0.1) is 15.9 Å². The van der Waals surface area contributed by atoms with Gasteiger partial charge in [-0.1, -0.05) is 12.1 Å². The number of nitro groups is 2. The third kappa shape index (κ3) is 3.79. The largest absolute Gasteiger partial charge is 0.362 e. The molecule has 0 atom stereocenters. The maximum atomic E-state index is 13.3. The van der Waals surface area contributed by atoms with E-state index in [2.05, 4.69) is 0 Å². The minimum absolute atomic E-state index is 0.257. The van der Waals surface area contributed by atoms with Crippen molar-refractivity contribution in [3.8, 4) is 0 Å². The predicted octanol–water partition coefficient (Wildman–Crippen LogP) is 3.67. The Bertz CT molecular complexity index is 751. The van der Waals surface area contributed by atoms with Crippen molar-refractivity contribution >= 4 is 17.1 Å². The molecule has 0 N–H and O–H groups in total. The smallest absolute Gasteiger partial charge is 0.299 e. The summed E-state index contributed by atoms with van der Waals surface area (Å²) < 4.78 is 13.3. The highest BCUT2D eigenvalue weighted by molar-refractivity contribution is 5.66. The van der Waals surface area contributed by atoms with Crippen molar-refractivity contribution in [3.63, 3.8) is 0 Å². The molecule has 0 spiro atoms. The maximum absolute atomic E-state index is 13.3. The van der Waals surface area contributed by atoms with E-state index in [-0.39, 0.29) is 23.6 Å². The first kappa shape index (κ1) is 16.3. The molecule has 2 aromatic carbocycles. The first-order chi connectivity index (χ1) is 10.9. The molecule has 8 heteroatoms. The molecule has 0 aromatic heterocycles. The van der Waals surface area contributed by atoms with E-state index in [9.17, 15) is 24.6 Å². The summed E-state index contributed by atoms with van der Waals surface area (Å²) in [6, 6.07) is 9.43. The molecule has 0 saturated carbocycles. The van der Waals surface area contributed by atoms with Crippen molar-refractivity contribution in [2.75, 3.05) is 11.4 Å². The van der Waals surface area contributed by atoms with Crippen LogP contribution in [-0.4, -0.2) is 16.4 Å². The molecular weight excluding hydrogens is 305 g/mol. The van der Waals surface area contributed by atoms with E-state index >= 15 is 0 Å². The molecule has 0 bridgehead atoms. The molecule has 0 saturated heterocycles. The van der Waals surface area contributed by atoms with E-state index in [4.69, 9.17) is 0 Å². The molecule has 0 aliphatic carbocycles. The number of non-ortho nitro benzene ring substituents is 1. The van der Waals surface area contributed by atoms with Crippen molar-refractivity contribution in [3.05, 3.63) is 74.1 Å². The first-order valence-corrected chi connectivity index (χ1v) is 6.84. The van der Waals surface area contributed by atoms with Crippen molar-refractivity contribution in [1.29, 1.82) is 0 Å². The highest BCUT2D eigenvalue weighted by atomic mass is 19.1. The van der Waals surface area contributed by atoms with Crippen molar-refractivity contribution in [2.45, 2.75) is 13.5 Å². The second kappa shape index (κ2) is 6.82. The van der Waals surface area contributed by atoms with Crippen LogP contribution in [0.2, 0.25) is 0 Å². The minimum Gasteiger partial charge on any atom is -0.362 e. The van der Waals surface area contributed by atoms with Gasteiger partial charge in [0.15, 0.2) is 0 Å². The summed E-state index contributed by atoms with van der Waals surface area (Å²) in [4.78, 5) is 22.3. The molecule has 0 radical (unpaired) electrons. The summed E-state index contributed by atoms with van der Waals surface area (Å²) in [6.07, 6.45) is 0. The monoisotopic (exact) mass is 319 g/mol. The molecule has 0 unspecified atom stereocenters. The van der Waals surface area contributed by atoms with Gasteiger partial charge in [-0.25, -0.2) is 4.39 Å². The Labute approximate surface area is 131 Å². The summed E-state index contributed by atoms with van der Waals surface area (Å²) in [5, 5.41) is 22.0. The molecule has 2 rings (SSSR count). The Kier molecular flexibility index (Phi) is 4.85. The van der Waals surface area contributed by atoms with Crippen LogP contribution in [0.1, 0.15) is 12.5 Å². The highest BCUT2D eigenvalue weighted by Crippen LogP contribution is 2.32. The fourth-order valence-electron chi connectivity index (χ4n) is 2.26. The summed E-state index contributed by atoms with van der Waals surface area (Å²) in [6.45, 7) is 2.48. The van der Waals surface area contributed by atoms with Gasteiger partial charge in [-0.2, -0.15) is 0 Å². The van der Waals surface area contributed by atoms with Gasteiger partial charge >= 0.3 is 0 Å². The van der Waals surface area contributed by atoms with Crippen molar-refractivity contribution < 1.29 is 14.2 Å². The molecule has 0 aliphatic rings. The number of nitro benzene ring substituents is 2. The zero-order valence-electron chi connectivity index (χ0n) is 12.3. The fraction of sp³-hybridized carbons (Fsp3) is 0.200. The summed E-state index contributed by atoms with van der Waals surface area (Å²) in [5.74, 6) is -0.392. The number of hydrogen-bond acceptors (Lipinski definition) is 5. The molecule has 0 amide bonds. The fourth-order valence-corrected chi connectivity index (χ4v) is 2.26. The third-order valence-electron chi connectivity index (χ3n) is 3.35. The van der Waals surface area contributed by atoms with Gasteiger partial charge in [0.1, 0.15) is 11.5 Å². The first-order valence-electron chi connectivity index (χ1n) is 6.84. The zero-order valence-corrected chi connectivity index (χ0v) is 12.3. The van der Waals surface area contributed by atoms with Crippen LogP contribution in [0.5, 0.6) is 0 Å². The van der Waals surface area contributed by atoms with Gasteiger partial charge in [-0.05, 0) is 30.7 Å². The van der Waals surface area contributed by atoms with Crippen LogP contribution in [0.15, 0.2) is 42.5 Å². The average molecular weight is 319 g/mol. The molecule has 23 heavy (non-hydrogen) atoms. The third-order valence-corrected chi connectivity index (χ3v) is 3.35. The van der Waals surface area contributed by atoms with Crippen LogP contribution in [0.25, 0.3) is 0 Å². The minimum atomic E-state index is -0.681. The van der Waals surface area contributed by atoms with Gasteiger partial charge in [0, 0.05) is 19.2 Å². The normalized spacial score (nSPS) is 10.3. The Morgan fingerprint density at radius 3 is 2.39 bits per heavy atom.